The van der Waals surface area contributed by atoms with Gasteiger partial charge in [-0.05, 0) is 32.9 Å². The summed E-state index contributed by atoms with van der Waals surface area (Å²) in [5.74, 6) is -1.34. The van der Waals surface area contributed by atoms with Crippen molar-refractivity contribution < 1.29 is 37.7 Å². The molecule has 30 heavy (non-hydrogen) atoms. The maximum absolute atomic E-state index is 13.7. The number of halogens is 1. The van der Waals surface area contributed by atoms with Gasteiger partial charge in [-0.3, -0.25) is 4.79 Å². The van der Waals surface area contributed by atoms with E-state index in [1.807, 2.05) is 0 Å². The summed E-state index contributed by atoms with van der Waals surface area (Å²) in [5, 5.41) is -0.461. The van der Waals surface area contributed by atoms with E-state index in [0.29, 0.717) is 6.42 Å². The van der Waals surface area contributed by atoms with Crippen LogP contribution < -0.4 is 4.74 Å². The van der Waals surface area contributed by atoms with Gasteiger partial charge in [0.05, 0.1) is 29.7 Å². The molecule has 2 aliphatic rings. The number of carbonyl (C=O) groups is 3. The molecule has 2 heterocycles. The Hall–Kier alpha value is -2.49. The number of ether oxygens (including phenoxy) is 4. The van der Waals surface area contributed by atoms with Crippen molar-refractivity contribution in [2.75, 3.05) is 6.54 Å². The Bertz CT molecular complexity index is 835. The standard InChI is InChI=1S/C20H24FNO7S/c1-11(2)26-19(25)28-13(4)27-18(24)20(29-15-7-5-6-14(21)8-15)10-22-16(23)9-17(22)30-12(20)3/h5-8,11-13,17H,9-10H2,1-4H3/t12?,13?,17-,20?/m1/s1. The van der Waals surface area contributed by atoms with E-state index in [9.17, 15) is 18.8 Å². The summed E-state index contributed by atoms with van der Waals surface area (Å²) in [6.07, 6.45) is -2.24. The van der Waals surface area contributed by atoms with Gasteiger partial charge < -0.3 is 23.8 Å². The lowest BCUT2D eigenvalue weighted by molar-refractivity contribution is -0.190. The van der Waals surface area contributed by atoms with Crippen LogP contribution in [0.1, 0.15) is 34.1 Å². The van der Waals surface area contributed by atoms with Crippen molar-refractivity contribution in [3.8, 4) is 5.75 Å². The highest BCUT2D eigenvalue weighted by Crippen LogP contribution is 2.45. The lowest BCUT2D eigenvalue weighted by Gasteiger charge is -2.52. The van der Waals surface area contributed by atoms with Gasteiger partial charge in [-0.1, -0.05) is 6.07 Å². The van der Waals surface area contributed by atoms with Crippen molar-refractivity contribution in [1.29, 1.82) is 0 Å². The Morgan fingerprint density at radius 3 is 2.60 bits per heavy atom. The second-order valence-corrected chi connectivity index (χ2v) is 8.94. The lowest BCUT2D eigenvalue weighted by atomic mass is 9.95. The minimum absolute atomic E-state index is 0.0424. The van der Waals surface area contributed by atoms with Crippen molar-refractivity contribution in [3.05, 3.63) is 30.1 Å². The first kappa shape index (κ1) is 22.2. The van der Waals surface area contributed by atoms with E-state index in [4.69, 9.17) is 18.9 Å². The topological polar surface area (TPSA) is 91.4 Å². The number of hydrogen-bond donors (Lipinski definition) is 0. The molecule has 1 aromatic rings. The number of nitrogens with zero attached hydrogens (tertiary/aromatic N) is 1. The fraction of sp³-hybridized carbons (Fsp3) is 0.550. The first-order valence-corrected chi connectivity index (χ1v) is 10.5. The van der Waals surface area contributed by atoms with Gasteiger partial charge in [-0.15, -0.1) is 11.8 Å². The molecule has 1 aromatic carbocycles. The van der Waals surface area contributed by atoms with Gasteiger partial charge in [0.1, 0.15) is 11.6 Å². The summed E-state index contributed by atoms with van der Waals surface area (Å²) in [5.41, 5.74) is -1.61. The molecule has 1 amide bonds. The fourth-order valence-corrected chi connectivity index (χ4v) is 4.71. The zero-order valence-electron chi connectivity index (χ0n) is 17.1. The Morgan fingerprint density at radius 1 is 1.23 bits per heavy atom. The van der Waals surface area contributed by atoms with Crippen LogP contribution in [0.15, 0.2) is 24.3 Å². The molecule has 10 heteroatoms. The number of thioether (sulfide) groups is 1. The maximum atomic E-state index is 13.7. The number of fused-ring (bicyclic) bond motifs is 1. The van der Waals surface area contributed by atoms with Gasteiger partial charge in [0, 0.05) is 13.0 Å². The van der Waals surface area contributed by atoms with Crippen LogP contribution in [0, 0.1) is 5.82 Å². The number of amides is 1. The van der Waals surface area contributed by atoms with Crippen molar-refractivity contribution in [2.24, 2.45) is 0 Å². The molecule has 3 rings (SSSR count). The molecule has 3 unspecified atom stereocenters. The summed E-state index contributed by atoms with van der Waals surface area (Å²) >= 11 is 1.40. The molecule has 0 aliphatic carbocycles. The van der Waals surface area contributed by atoms with E-state index in [1.54, 1.807) is 20.8 Å². The van der Waals surface area contributed by atoms with Crippen LogP contribution in [0.5, 0.6) is 5.75 Å². The SMILES string of the molecule is CC(C)OC(=O)OC(C)OC(=O)C1(Oc2cccc(F)c2)CN2C(=O)C[C@H]2SC1C. The van der Waals surface area contributed by atoms with Crippen LogP contribution >= 0.6 is 11.8 Å². The third-order valence-electron chi connectivity index (χ3n) is 4.75. The first-order valence-electron chi connectivity index (χ1n) is 9.58. The smallest absolute Gasteiger partial charge is 0.472 e. The number of β-lactam (4-membered cyclic amide) rings is 1. The highest BCUT2D eigenvalue weighted by Gasteiger charge is 2.59. The second kappa shape index (κ2) is 8.71. The molecule has 0 spiro atoms. The Balaban J connectivity index is 1.81. The first-order chi connectivity index (χ1) is 14.1. The third-order valence-corrected chi connectivity index (χ3v) is 6.27. The molecule has 0 saturated carbocycles. The molecule has 0 N–H and O–H groups in total. The van der Waals surface area contributed by atoms with Crippen molar-refractivity contribution >= 4 is 29.8 Å². The normalized spacial score (nSPS) is 26.3. The quantitative estimate of drug-likeness (QED) is 0.378. The lowest BCUT2D eigenvalue weighted by Crippen LogP contribution is -2.69. The number of esters is 1. The molecule has 0 radical (unpaired) electrons. The van der Waals surface area contributed by atoms with Crippen LogP contribution in [0.3, 0.4) is 0 Å². The van der Waals surface area contributed by atoms with Crippen LogP contribution in [0.2, 0.25) is 0 Å². The van der Waals surface area contributed by atoms with Crippen molar-refractivity contribution in [2.45, 2.75) is 62.7 Å². The fourth-order valence-electron chi connectivity index (χ4n) is 3.22. The number of carbonyl (C=O) groups excluding carboxylic acids is 3. The van der Waals surface area contributed by atoms with Crippen LogP contribution in [0.25, 0.3) is 0 Å². The number of hydrogen-bond acceptors (Lipinski definition) is 8. The van der Waals surface area contributed by atoms with Gasteiger partial charge in [0.25, 0.3) is 0 Å². The molecule has 2 saturated heterocycles. The summed E-state index contributed by atoms with van der Waals surface area (Å²) in [6, 6.07) is 5.37. The van der Waals surface area contributed by atoms with Gasteiger partial charge in [-0.2, -0.15) is 0 Å². The second-order valence-electron chi connectivity index (χ2n) is 7.42. The summed E-state index contributed by atoms with van der Waals surface area (Å²) < 4.78 is 34.8. The predicted octanol–water partition coefficient (Wildman–Crippen LogP) is 3.09. The minimum atomic E-state index is -1.61. The van der Waals surface area contributed by atoms with Gasteiger partial charge >= 0.3 is 12.1 Å². The molecule has 2 fully saturated rings. The minimum Gasteiger partial charge on any atom is -0.472 e. The summed E-state index contributed by atoms with van der Waals surface area (Å²) in [4.78, 5) is 38.4. The predicted molar refractivity (Wildman–Crippen MR) is 105 cm³/mol. The number of rotatable bonds is 6. The molecular weight excluding hydrogens is 417 g/mol. The van der Waals surface area contributed by atoms with E-state index < -0.39 is 41.2 Å². The summed E-state index contributed by atoms with van der Waals surface area (Å²) in [7, 11) is 0. The maximum Gasteiger partial charge on any atom is 0.511 e. The van der Waals surface area contributed by atoms with Crippen LogP contribution in [0.4, 0.5) is 9.18 Å². The van der Waals surface area contributed by atoms with E-state index >= 15 is 0 Å². The van der Waals surface area contributed by atoms with E-state index in [-0.39, 0.29) is 23.6 Å². The average molecular weight is 441 g/mol. The van der Waals surface area contributed by atoms with Gasteiger partial charge in [0.2, 0.25) is 17.8 Å². The Morgan fingerprint density at radius 2 is 1.97 bits per heavy atom. The van der Waals surface area contributed by atoms with E-state index in [2.05, 4.69) is 0 Å². The van der Waals surface area contributed by atoms with Crippen molar-refractivity contribution in [3.63, 3.8) is 0 Å². The highest BCUT2D eigenvalue weighted by molar-refractivity contribution is 8.00. The highest BCUT2D eigenvalue weighted by atomic mass is 32.2. The summed E-state index contributed by atoms with van der Waals surface area (Å²) in [6.45, 7) is 6.41. The zero-order valence-corrected chi connectivity index (χ0v) is 17.9. The molecule has 0 aromatic heterocycles. The van der Waals surface area contributed by atoms with Crippen molar-refractivity contribution in [1.82, 2.24) is 4.90 Å². The van der Waals surface area contributed by atoms with Crippen LogP contribution in [-0.4, -0.2) is 58.1 Å². The van der Waals surface area contributed by atoms with Crippen LogP contribution in [-0.2, 0) is 23.8 Å². The van der Waals surface area contributed by atoms with Gasteiger partial charge in [-0.25, -0.2) is 14.0 Å². The Labute approximate surface area is 178 Å². The van der Waals surface area contributed by atoms with E-state index in [0.717, 1.165) is 6.07 Å². The number of benzene rings is 1. The third kappa shape index (κ3) is 4.63. The monoisotopic (exact) mass is 441 g/mol. The Kier molecular flexibility index (Phi) is 6.44. The average Bonchev–Trinajstić information content (AvgIpc) is 2.62. The molecule has 2 aliphatic heterocycles. The zero-order chi connectivity index (χ0) is 22.1. The van der Waals surface area contributed by atoms with Gasteiger partial charge in [0.15, 0.2) is 0 Å². The molecule has 4 atom stereocenters. The van der Waals surface area contributed by atoms with E-state index in [1.165, 1.54) is 41.8 Å². The largest absolute Gasteiger partial charge is 0.511 e. The molecule has 0 bridgehead atoms. The molecule has 8 nitrogen and oxygen atoms in total. The molecular formula is C20H24FNO7S. The molecule has 164 valence electrons.